The van der Waals surface area contributed by atoms with Crippen molar-refractivity contribution < 1.29 is 9.47 Å². The van der Waals surface area contributed by atoms with Crippen LogP contribution in [0.4, 0.5) is 0 Å². The van der Waals surface area contributed by atoms with Crippen LogP contribution in [0, 0.1) is 0 Å². The van der Waals surface area contributed by atoms with Crippen molar-refractivity contribution in [2.75, 3.05) is 20.3 Å². The second-order valence-electron chi connectivity index (χ2n) is 5.76. The summed E-state index contributed by atoms with van der Waals surface area (Å²) in [6.07, 6.45) is 9.36. The van der Waals surface area contributed by atoms with Gasteiger partial charge in [0.1, 0.15) is 0 Å². The molecule has 2 fully saturated rings. The second-order valence-corrected chi connectivity index (χ2v) is 5.76. The molecule has 1 N–H and O–H groups in total. The number of ether oxygens (including phenoxy) is 2. The zero-order valence-electron chi connectivity index (χ0n) is 11.3. The van der Waals surface area contributed by atoms with Crippen LogP contribution >= 0.6 is 0 Å². The molecule has 1 aliphatic heterocycles. The van der Waals surface area contributed by atoms with E-state index in [-0.39, 0.29) is 5.60 Å². The van der Waals surface area contributed by atoms with Crippen LogP contribution in [0.25, 0.3) is 0 Å². The second kappa shape index (κ2) is 6.17. The highest BCUT2D eigenvalue weighted by Crippen LogP contribution is 2.43. The molecule has 0 aromatic heterocycles. The molecule has 3 heteroatoms. The summed E-state index contributed by atoms with van der Waals surface area (Å²) < 4.78 is 11.4. The van der Waals surface area contributed by atoms with E-state index in [1.54, 1.807) is 7.11 Å². The molecule has 0 bridgehead atoms. The van der Waals surface area contributed by atoms with Crippen LogP contribution in [0.5, 0.6) is 0 Å². The smallest absolute Gasteiger partial charge is 0.0708 e. The minimum absolute atomic E-state index is 0.280. The molecule has 2 aliphatic rings. The molecule has 1 spiro atoms. The Morgan fingerprint density at radius 3 is 2.82 bits per heavy atom. The topological polar surface area (TPSA) is 30.5 Å². The number of methoxy groups -OCH3 is 1. The van der Waals surface area contributed by atoms with Gasteiger partial charge < -0.3 is 14.8 Å². The molecule has 0 aromatic carbocycles. The molecular weight excluding hydrogens is 214 g/mol. The minimum Gasteiger partial charge on any atom is -0.385 e. The van der Waals surface area contributed by atoms with Crippen molar-refractivity contribution in [2.45, 2.75) is 69.6 Å². The highest BCUT2D eigenvalue weighted by molar-refractivity contribution is 4.93. The molecule has 1 saturated heterocycles. The summed E-state index contributed by atoms with van der Waals surface area (Å²) in [4.78, 5) is 0. The van der Waals surface area contributed by atoms with Gasteiger partial charge in [-0.3, -0.25) is 0 Å². The maximum Gasteiger partial charge on any atom is 0.0708 e. The van der Waals surface area contributed by atoms with E-state index in [1.807, 2.05) is 0 Å². The number of nitrogens with one attached hydrogen (secondary N) is 1. The van der Waals surface area contributed by atoms with Crippen molar-refractivity contribution in [1.82, 2.24) is 5.32 Å². The van der Waals surface area contributed by atoms with Crippen LogP contribution in [-0.2, 0) is 9.47 Å². The molecule has 17 heavy (non-hydrogen) atoms. The molecule has 0 radical (unpaired) electrons. The van der Waals surface area contributed by atoms with Gasteiger partial charge in [0.05, 0.1) is 11.7 Å². The monoisotopic (exact) mass is 241 g/mol. The van der Waals surface area contributed by atoms with Crippen LogP contribution in [0.2, 0.25) is 0 Å². The van der Waals surface area contributed by atoms with Gasteiger partial charge in [-0.15, -0.1) is 0 Å². The summed E-state index contributed by atoms with van der Waals surface area (Å²) in [5.41, 5.74) is 0.280. The van der Waals surface area contributed by atoms with E-state index in [0.717, 1.165) is 19.6 Å². The van der Waals surface area contributed by atoms with Crippen LogP contribution in [0.1, 0.15) is 51.9 Å². The lowest BCUT2D eigenvalue weighted by atomic mass is 9.98. The van der Waals surface area contributed by atoms with E-state index in [2.05, 4.69) is 12.2 Å². The van der Waals surface area contributed by atoms with Gasteiger partial charge >= 0.3 is 0 Å². The Morgan fingerprint density at radius 2 is 2.12 bits per heavy atom. The Labute approximate surface area is 105 Å². The van der Waals surface area contributed by atoms with Crippen molar-refractivity contribution >= 4 is 0 Å². The number of hydrogen-bond acceptors (Lipinski definition) is 3. The summed E-state index contributed by atoms with van der Waals surface area (Å²) >= 11 is 0. The molecule has 0 amide bonds. The quantitative estimate of drug-likeness (QED) is 0.775. The summed E-state index contributed by atoms with van der Waals surface area (Å²) in [6, 6.07) is 0.527. The van der Waals surface area contributed by atoms with Gasteiger partial charge in [-0.05, 0) is 39.0 Å². The summed E-state index contributed by atoms with van der Waals surface area (Å²) in [7, 11) is 1.76. The molecule has 2 atom stereocenters. The van der Waals surface area contributed by atoms with Gasteiger partial charge in [0, 0.05) is 26.3 Å². The SMILES string of the molecule is COCCC(C)NCC1CCC2(CCCC2)O1. The molecular formula is C14H27NO2. The van der Waals surface area contributed by atoms with Gasteiger partial charge in [-0.1, -0.05) is 12.8 Å². The molecule has 1 saturated carbocycles. The Kier molecular flexibility index (Phi) is 4.83. The average Bonchev–Trinajstić information content (AvgIpc) is 2.95. The van der Waals surface area contributed by atoms with Gasteiger partial charge in [-0.25, -0.2) is 0 Å². The normalized spacial score (nSPS) is 28.9. The number of rotatable bonds is 6. The van der Waals surface area contributed by atoms with E-state index >= 15 is 0 Å². The fourth-order valence-electron chi connectivity index (χ4n) is 3.16. The fraction of sp³-hybridized carbons (Fsp3) is 1.00. The van der Waals surface area contributed by atoms with Crippen molar-refractivity contribution in [2.24, 2.45) is 0 Å². The Hall–Kier alpha value is -0.120. The maximum absolute atomic E-state index is 6.27. The number of hydrogen-bond donors (Lipinski definition) is 1. The van der Waals surface area contributed by atoms with Crippen LogP contribution < -0.4 is 5.32 Å². The lowest BCUT2D eigenvalue weighted by Gasteiger charge is -2.24. The third kappa shape index (κ3) is 3.67. The van der Waals surface area contributed by atoms with Crippen LogP contribution in [0.3, 0.4) is 0 Å². The highest BCUT2D eigenvalue weighted by atomic mass is 16.5. The van der Waals surface area contributed by atoms with Crippen molar-refractivity contribution in [3.05, 3.63) is 0 Å². The van der Waals surface area contributed by atoms with E-state index in [0.29, 0.717) is 12.1 Å². The van der Waals surface area contributed by atoms with E-state index in [9.17, 15) is 0 Å². The zero-order chi connectivity index (χ0) is 12.1. The van der Waals surface area contributed by atoms with Crippen molar-refractivity contribution in [1.29, 1.82) is 0 Å². The summed E-state index contributed by atoms with van der Waals surface area (Å²) in [6.45, 7) is 4.07. The Morgan fingerprint density at radius 1 is 1.35 bits per heavy atom. The molecule has 2 rings (SSSR count). The van der Waals surface area contributed by atoms with Crippen LogP contribution in [0.15, 0.2) is 0 Å². The largest absolute Gasteiger partial charge is 0.385 e. The van der Waals surface area contributed by atoms with Gasteiger partial charge in [0.15, 0.2) is 0 Å². The van der Waals surface area contributed by atoms with Gasteiger partial charge in [0.25, 0.3) is 0 Å². The minimum atomic E-state index is 0.280. The van der Waals surface area contributed by atoms with Crippen molar-refractivity contribution in [3.63, 3.8) is 0 Å². The summed E-state index contributed by atoms with van der Waals surface area (Å²) in [5.74, 6) is 0. The van der Waals surface area contributed by atoms with Crippen LogP contribution in [-0.4, -0.2) is 38.0 Å². The average molecular weight is 241 g/mol. The summed E-state index contributed by atoms with van der Waals surface area (Å²) in [5, 5.41) is 3.56. The molecule has 1 heterocycles. The Bertz CT molecular complexity index is 226. The molecule has 2 unspecified atom stereocenters. The fourth-order valence-corrected chi connectivity index (χ4v) is 3.16. The first-order chi connectivity index (χ1) is 8.24. The Balaban J connectivity index is 1.64. The molecule has 100 valence electrons. The first kappa shape index (κ1) is 13.3. The third-order valence-corrected chi connectivity index (χ3v) is 4.30. The zero-order valence-corrected chi connectivity index (χ0v) is 11.3. The van der Waals surface area contributed by atoms with E-state index in [1.165, 1.54) is 38.5 Å². The van der Waals surface area contributed by atoms with Gasteiger partial charge in [-0.2, -0.15) is 0 Å². The van der Waals surface area contributed by atoms with Crippen molar-refractivity contribution in [3.8, 4) is 0 Å². The third-order valence-electron chi connectivity index (χ3n) is 4.30. The molecule has 3 nitrogen and oxygen atoms in total. The standard InChI is InChI=1S/C14H27NO2/c1-12(6-10-16-2)15-11-13-5-9-14(17-13)7-3-4-8-14/h12-13,15H,3-11H2,1-2H3. The first-order valence-corrected chi connectivity index (χ1v) is 7.14. The van der Waals surface area contributed by atoms with E-state index in [4.69, 9.17) is 9.47 Å². The predicted molar refractivity (Wildman–Crippen MR) is 69.3 cm³/mol. The molecule has 1 aliphatic carbocycles. The van der Waals surface area contributed by atoms with Gasteiger partial charge in [0.2, 0.25) is 0 Å². The molecule has 0 aromatic rings. The lowest BCUT2D eigenvalue weighted by Crippen LogP contribution is -2.36. The highest BCUT2D eigenvalue weighted by Gasteiger charge is 2.41. The maximum atomic E-state index is 6.27. The lowest BCUT2D eigenvalue weighted by molar-refractivity contribution is -0.0359. The first-order valence-electron chi connectivity index (χ1n) is 7.14. The predicted octanol–water partition coefficient (Wildman–Crippen LogP) is 2.49. The van der Waals surface area contributed by atoms with E-state index < -0.39 is 0 Å².